The Balaban J connectivity index is 0.00000444. The Hall–Kier alpha value is -7.53. The second-order valence-corrected chi connectivity index (χ2v) is 17.6. The van der Waals surface area contributed by atoms with Crippen LogP contribution in [0.2, 0.25) is 0 Å². The Morgan fingerprint density at radius 2 is 1.02 bits per heavy atom. The van der Waals surface area contributed by atoms with Crippen LogP contribution < -0.4 is 4.74 Å². The molecule has 312 valence electrons. The Bertz CT molecular complexity index is 4110. The zero-order valence-electron chi connectivity index (χ0n) is 35.8. The van der Waals surface area contributed by atoms with Crippen LogP contribution in [0.15, 0.2) is 182 Å². The van der Waals surface area contributed by atoms with Crippen molar-refractivity contribution in [2.24, 2.45) is 0 Å². The molecule has 0 aliphatic carbocycles. The first-order chi connectivity index (χ1) is 31.4. The average Bonchev–Trinajstić information content (AvgIpc) is 3.97. The van der Waals surface area contributed by atoms with Crippen molar-refractivity contribution in [3.63, 3.8) is 0 Å². The minimum absolute atomic E-state index is 0. The van der Waals surface area contributed by atoms with Crippen molar-refractivity contribution in [1.82, 2.24) is 23.3 Å². The van der Waals surface area contributed by atoms with Gasteiger partial charge in [-0.3, -0.25) is 8.80 Å². The van der Waals surface area contributed by atoms with E-state index >= 15 is 0 Å². The summed E-state index contributed by atoms with van der Waals surface area (Å²) >= 11 is 0. The van der Waals surface area contributed by atoms with Crippen LogP contribution in [0.1, 0.15) is 26.3 Å². The number of pyridine rings is 2. The molecule has 7 aromatic carbocycles. The molecule has 6 heterocycles. The molecule has 13 rings (SSSR count). The third kappa shape index (κ3) is 5.90. The molecule has 0 saturated carbocycles. The van der Waals surface area contributed by atoms with Crippen LogP contribution in [0.5, 0.6) is 11.5 Å². The van der Waals surface area contributed by atoms with E-state index in [0.29, 0.717) is 11.5 Å². The summed E-state index contributed by atoms with van der Waals surface area (Å²) in [6.45, 7) is 6.68. The molecule has 0 unspecified atom stereocenters. The van der Waals surface area contributed by atoms with Gasteiger partial charge in [0.25, 0.3) is 0 Å². The number of nitrogens with zero attached hydrogens (tertiary/aromatic N) is 5. The normalized spacial score (nSPS) is 12.1. The third-order valence-corrected chi connectivity index (χ3v) is 12.9. The van der Waals surface area contributed by atoms with Gasteiger partial charge in [0.05, 0.1) is 16.6 Å². The van der Waals surface area contributed by atoms with Crippen molar-refractivity contribution in [2.75, 3.05) is 0 Å². The zero-order valence-corrected chi connectivity index (χ0v) is 38.1. The number of rotatable bonds is 4. The smallest absolute Gasteiger partial charge is 0.503 e. The van der Waals surface area contributed by atoms with Gasteiger partial charge in [0, 0.05) is 56.5 Å². The van der Waals surface area contributed by atoms with Gasteiger partial charge < -0.3 is 14.3 Å². The fourth-order valence-electron chi connectivity index (χ4n) is 10.1. The molecule has 0 spiro atoms. The summed E-state index contributed by atoms with van der Waals surface area (Å²) in [7, 11) is 0. The fraction of sp³-hybridized carbons (Fsp3) is 0.0690. The minimum atomic E-state index is -0.0315. The molecule has 0 radical (unpaired) electrons. The van der Waals surface area contributed by atoms with Crippen molar-refractivity contribution in [3.05, 3.63) is 200 Å². The number of para-hydroxylation sites is 4. The number of ether oxygens (including phenoxy) is 1. The van der Waals surface area contributed by atoms with E-state index in [1.54, 1.807) is 0 Å². The number of aromatic nitrogens is 5. The molecule has 0 fully saturated rings. The van der Waals surface area contributed by atoms with Gasteiger partial charge in [-0.05, 0) is 80.7 Å². The molecule has 13 aromatic rings. The maximum atomic E-state index is 6.71. The molecule has 0 amide bonds. The fourth-order valence-corrected chi connectivity index (χ4v) is 10.1. The summed E-state index contributed by atoms with van der Waals surface area (Å²) in [6.07, 6.45) is 3.83. The van der Waals surface area contributed by atoms with Crippen LogP contribution in [0.4, 0.5) is 0 Å². The molecular formula is C58H39N5OPt. The number of benzene rings is 7. The summed E-state index contributed by atoms with van der Waals surface area (Å²) < 4.78 is 13.8. The van der Waals surface area contributed by atoms with Gasteiger partial charge >= 0.3 is 21.1 Å². The second kappa shape index (κ2) is 14.8. The summed E-state index contributed by atoms with van der Waals surface area (Å²) in [5, 5.41) is 10.3. The summed E-state index contributed by atoms with van der Waals surface area (Å²) in [4.78, 5) is 10.0. The zero-order chi connectivity index (χ0) is 42.7. The molecule has 0 aliphatic rings. The Morgan fingerprint density at radius 1 is 0.462 bits per heavy atom. The Kier molecular flexibility index (Phi) is 8.88. The van der Waals surface area contributed by atoms with Crippen molar-refractivity contribution in [3.8, 4) is 28.6 Å². The van der Waals surface area contributed by atoms with Crippen LogP contribution in [-0.2, 0) is 26.5 Å². The first-order valence-corrected chi connectivity index (χ1v) is 21.7. The quantitative estimate of drug-likeness (QED) is 0.165. The van der Waals surface area contributed by atoms with Gasteiger partial charge in [0.1, 0.15) is 11.5 Å². The van der Waals surface area contributed by atoms with E-state index < -0.39 is 0 Å². The largest absolute Gasteiger partial charge is 2.00 e. The maximum Gasteiger partial charge on any atom is 2.00 e. The predicted molar refractivity (Wildman–Crippen MR) is 263 cm³/mol. The first-order valence-electron chi connectivity index (χ1n) is 21.7. The Morgan fingerprint density at radius 3 is 1.69 bits per heavy atom. The van der Waals surface area contributed by atoms with Crippen molar-refractivity contribution < 1.29 is 25.8 Å². The molecule has 0 saturated heterocycles. The van der Waals surface area contributed by atoms with Crippen LogP contribution in [0.3, 0.4) is 0 Å². The van der Waals surface area contributed by atoms with Gasteiger partial charge in [-0.2, -0.15) is 6.07 Å². The van der Waals surface area contributed by atoms with E-state index in [9.17, 15) is 0 Å². The standard InChI is InChI=1S/C58H39N5O.Pt/c1-58(2,3)37-29-31-59-53(34-37)61-47-23-10-8-21-44(47)45-28-27-39(35-52(45)61)64-38-16-14-15-36(33-38)56-55-51(30-32-60-56)63-49-25-12-7-20-43(49)41-18-5-4-17-40(41)42-19-6-11-24-48(42)62-50-26-13-9-22-46(50)54(55)57(62)63;/h4-32,34H,1-3H3;/q-2;+2. The number of hydrogen-bond donors (Lipinski definition) is 0. The van der Waals surface area contributed by atoms with Crippen LogP contribution in [0, 0.1) is 12.1 Å². The summed E-state index contributed by atoms with van der Waals surface area (Å²) in [5.41, 5.74) is 10.3. The van der Waals surface area contributed by atoms with Gasteiger partial charge in [-0.15, -0.1) is 41.3 Å². The SMILES string of the molecule is CC(C)(C)c1ccnc(-n2c3[c-]c(Oc4[c-]c(-c5nccc6c5c5c7ccccc7n7c8ccccc8c8ccccc8c8ccccc8n6c57)ccc4)ccc3c3ccccc32)c1.[Pt+2]. The van der Waals surface area contributed by atoms with Crippen molar-refractivity contribution in [1.29, 1.82) is 0 Å². The van der Waals surface area contributed by atoms with E-state index in [1.165, 1.54) is 21.7 Å². The van der Waals surface area contributed by atoms with Gasteiger partial charge in [-0.25, -0.2) is 4.98 Å². The van der Waals surface area contributed by atoms with Gasteiger partial charge in [0.15, 0.2) is 0 Å². The van der Waals surface area contributed by atoms with E-state index in [4.69, 9.17) is 14.7 Å². The Labute approximate surface area is 388 Å². The van der Waals surface area contributed by atoms with Crippen LogP contribution in [0.25, 0.3) is 104 Å². The molecule has 0 bridgehead atoms. The molecule has 0 atom stereocenters. The molecular weight excluding hydrogens is 978 g/mol. The van der Waals surface area contributed by atoms with Crippen LogP contribution in [-0.4, -0.2) is 23.3 Å². The maximum absolute atomic E-state index is 6.71. The van der Waals surface area contributed by atoms with E-state index in [0.717, 1.165) is 88.1 Å². The first kappa shape index (κ1) is 39.1. The molecule has 6 nitrogen and oxygen atoms in total. The van der Waals surface area contributed by atoms with Crippen molar-refractivity contribution in [2.45, 2.75) is 26.2 Å². The molecule has 6 aromatic heterocycles. The monoisotopic (exact) mass is 1020 g/mol. The third-order valence-electron chi connectivity index (χ3n) is 12.9. The predicted octanol–water partition coefficient (Wildman–Crippen LogP) is 14.8. The van der Waals surface area contributed by atoms with E-state index in [1.807, 2.05) is 30.6 Å². The molecule has 65 heavy (non-hydrogen) atoms. The number of fused-ring (bicyclic) bond motifs is 16. The van der Waals surface area contributed by atoms with Crippen LogP contribution >= 0.6 is 0 Å². The molecule has 7 heteroatoms. The second-order valence-electron chi connectivity index (χ2n) is 17.6. The molecule has 0 N–H and O–H groups in total. The van der Waals surface area contributed by atoms with Gasteiger partial charge in [-0.1, -0.05) is 129 Å². The van der Waals surface area contributed by atoms with Gasteiger partial charge in [0.2, 0.25) is 0 Å². The van der Waals surface area contributed by atoms with E-state index in [-0.39, 0.29) is 26.5 Å². The topological polar surface area (TPSA) is 48.8 Å². The van der Waals surface area contributed by atoms with E-state index in [2.05, 4.69) is 198 Å². The van der Waals surface area contributed by atoms with Crippen molar-refractivity contribution >= 4 is 87.2 Å². The number of hydrogen-bond acceptors (Lipinski definition) is 3. The average molecular weight is 1020 g/mol. The minimum Gasteiger partial charge on any atom is -0.503 e. The summed E-state index contributed by atoms with van der Waals surface area (Å²) in [5.74, 6) is 2.01. The summed E-state index contributed by atoms with van der Waals surface area (Å²) in [6, 6.07) is 67.4. The molecule has 0 aliphatic heterocycles.